The standard InChI is InChI=1S/C25H38IN7O/c1-3-21(20-11-8-14-28-20)33(16-17-12-13-22(34-2)19(26)15-17)25-31-23(27)30-24(32-25)29-18-9-6-4-5-7-10-18/h12-13,15,18,20-21,28H,3-11,14,16H2,1-2H3,(H3,27,29,30,31,32). The van der Waals surface area contributed by atoms with Gasteiger partial charge < -0.3 is 26.0 Å². The second-order valence-corrected chi connectivity index (χ2v) is 10.6. The van der Waals surface area contributed by atoms with Crippen LogP contribution in [-0.2, 0) is 6.54 Å². The van der Waals surface area contributed by atoms with E-state index in [2.05, 4.69) is 67.1 Å². The third-order valence-electron chi connectivity index (χ3n) is 7.04. The third kappa shape index (κ3) is 6.41. The molecule has 2 unspecified atom stereocenters. The van der Waals surface area contributed by atoms with Gasteiger partial charge in [0.2, 0.25) is 17.8 Å². The molecule has 1 aliphatic carbocycles. The molecule has 2 heterocycles. The van der Waals surface area contributed by atoms with Gasteiger partial charge in [-0.05, 0) is 78.9 Å². The Morgan fingerprint density at radius 3 is 2.59 bits per heavy atom. The molecule has 4 N–H and O–H groups in total. The minimum atomic E-state index is 0.259. The zero-order valence-electron chi connectivity index (χ0n) is 20.4. The van der Waals surface area contributed by atoms with Crippen molar-refractivity contribution in [2.75, 3.05) is 29.6 Å². The first-order valence-corrected chi connectivity index (χ1v) is 13.8. The smallest absolute Gasteiger partial charge is 0.232 e. The maximum absolute atomic E-state index is 6.22. The first-order valence-electron chi connectivity index (χ1n) is 12.7. The normalized spacial score (nSPS) is 20.0. The summed E-state index contributed by atoms with van der Waals surface area (Å²) in [4.78, 5) is 16.3. The highest BCUT2D eigenvalue weighted by molar-refractivity contribution is 14.1. The number of nitrogens with one attached hydrogen (secondary N) is 2. The Morgan fingerprint density at radius 2 is 1.94 bits per heavy atom. The van der Waals surface area contributed by atoms with Crippen LogP contribution in [0.25, 0.3) is 0 Å². The molecule has 2 aromatic rings. The molecule has 0 amide bonds. The van der Waals surface area contributed by atoms with Gasteiger partial charge in [0.25, 0.3) is 0 Å². The second kappa shape index (κ2) is 12.2. The zero-order valence-corrected chi connectivity index (χ0v) is 22.6. The number of ether oxygens (including phenoxy) is 1. The van der Waals surface area contributed by atoms with E-state index in [1.54, 1.807) is 7.11 Å². The van der Waals surface area contributed by atoms with Crippen LogP contribution in [0.4, 0.5) is 17.8 Å². The van der Waals surface area contributed by atoms with Crippen molar-refractivity contribution in [1.82, 2.24) is 20.3 Å². The van der Waals surface area contributed by atoms with Crippen LogP contribution in [0.5, 0.6) is 5.75 Å². The van der Waals surface area contributed by atoms with Crippen LogP contribution in [0, 0.1) is 3.57 Å². The third-order valence-corrected chi connectivity index (χ3v) is 7.88. The number of aromatic nitrogens is 3. The van der Waals surface area contributed by atoms with Crippen molar-refractivity contribution in [3.8, 4) is 5.75 Å². The molecule has 4 rings (SSSR count). The molecule has 0 radical (unpaired) electrons. The van der Waals surface area contributed by atoms with Gasteiger partial charge in [-0.25, -0.2) is 0 Å². The fourth-order valence-corrected chi connectivity index (χ4v) is 6.08. The van der Waals surface area contributed by atoms with Crippen molar-refractivity contribution < 1.29 is 4.74 Å². The molecular weight excluding hydrogens is 541 g/mol. The van der Waals surface area contributed by atoms with Crippen molar-refractivity contribution in [3.05, 3.63) is 27.3 Å². The van der Waals surface area contributed by atoms with Crippen LogP contribution in [-0.4, -0.2) is 46.7 Å². The van der Waals surface area contributed by atoms with Crippen LogP contribution in [0.15, 0.2) is 18.2 Å². The van der Waals surface area contributed by atoms with Gasteiger partial charge >= 0.3 is 0 Å². The zero-order chi connectivity index (χ0) is 23.9. The molecule has 1 aliphatic heterocycles. The number of hydrogen-bond donors (Lipinski definition) is 3. The first-order chi connectivity index (χ1) is 16.6. The lowest BCUT2D eigenvalue weighted by Crippen LogP contribution is -2.48. The highest BCUT2D eigenvalue weighted by atomic mass is 127. The number of methoxy groups -OCH3 is 1. The number of halogens is 1. The molecule has 1 aromatic heterocycles. The molecule has 9 heteroatoms. The molecule has 0 bridgehead atoms. The minimum Gasteiger partial charge on any atom is -0.496 e. The molecule has 1 saturated carbocycles. The van der Waals surface area contributed by atoms with Gasteiger partial charge in [0.1, 0.15) is 5.75 Å². The summed E-state index contributed by atoms with van der Waals surface area (Å²) in [5, 5.41) is 7.26. The molecule has 34 heavy (non-hydrogen) atoms. The van der Waals surface area contributed by atoms with E-state index in [0.717, 1.165) is 41.5 Å². The SMILES string of the molecule is CCC(C1CCCN1)N(Cc1ccc(OC)c(I)c1)c1nc(N)nc(NC2CCCCCC2)n1. The van der Waals surface area contributed by atoms with Gasteiger partial charge in [0.15, 0.2) is 0 Å². The molecule has 0 spiro atoms. The lowest BCUT2D eigenvalue weighted by molar-refractivity contribution is 0.411. The van der Waals surface area contributed by atoms with E-state index in [-0.39, 0.29) is 12.0 Å². The Hall–Kier alpha value is -1.88. The topological polar surface area (TPSA) is 101 Å². The van der Waals surface area contributed by atoms with Crippen molar-refractivity contribution in [2.24, 2.45) is 0 Å². The molecule has 2 aliphatic rings. The Balaban J connectivity index is 1.64. The fraction of sp³-hybridized carbons (Fsp3) is 0.640. The molecular formula is C25H38IN7O. The summed E-state index contributed by atoms with van der Waals surface area (Å²) >= 11 is 2.33. The molecule has 1 saturated heterocycles. The van der Waals surface area contributed by atoms with E-state index in [4.69, 9.17) is 15.5 Å². The number of nitrogen functional groups attached to an aromatic ring is 1. The molecule has 2 atom stereocenters. The van der Waals surface area contributed by atoms with Crippen LogP contribution in [0.2, 0.25) is 0 Å². The first kappa shape index (κ1) is 25.2. The number of hydrogen-bond acceptors (Lipinski definition) is 8. The fourth-order valence-electron chi connectivity index (χ4n) is 5.28. The number of benzene rings is 1. The summed E-state index contributed by atoms with van der Waals surface area (Å²) < 4.78 is 6.56. The summed E-state index contributed by atoms with van der Waals surface area (Å²) in [5.74, 6) is 2.40. The highest BCUT2D eigenvalue weighted by Gasteiger charge is 2.31. The Kier molecular flexibility index (Phi) is 9.04. The Labute approximate surface area is 217 Å². The largest absolute Gasteiger partial charge is 0.496 e. The van der Waals surface area contributed by atoms with E-state index in [9.17, 15) is 0 Å². The molecule has 186 valence electrons. The predicted octanol–water partition coefficient (Wildman–Crippen LogP) is 4.74. The van der Waals surface area contributed by atoms with Gasteiger partial charge in [-0.3, -0.25) is 0 Å². The van der Waals surface area contributed by atoms with E-state index < -0.39 is 0 Å². The molecule has 2 fully saturated rings. The van der Waals surface area contributed by atoms with E-state index in [1.165, 1.54) is 37.7 Å². The highest BCUT2D eigenvalue weighted by Crippen LogP contribution is 2.28. The van der Waals surface area contributed by atoms with Crippen LogP contribution >= 0.6 is 22.6 Å². The summed E-state index contributed by atoms with van der Waals surface area (Å²) in [5.41, 5.74) is 7.41. The van der Waals surface area contributed by atoms with Crippen molar-refractivity contribution in [3.63, 3.8) is 0 Å². The van der Waals surface area contributed by atoms with Gasteiger partial charge in [-0.1, -0.05) is 38.7 Å². The maximum Gasteiger partial charge on any atom is 0.232 e. The summed E-state index contributed by atoms with van der Waals surface area (Å²) in [6.45, 7) is 4.00. The average molecular weight is 580 g/mol. The van der Waals surface area contributed by atoms with Gasteiger partial charge in [0, 0.05) is 24.7 Å². The quantitative estimate of drug-likeness (QED) is 0.290. The summed E-state index contributed by atoms with van der Waals surface area (Å²) in [7, 11) is 1.71. The van der Waals surface area contributed by atoms with Gasteiger partial charge in [-0.2, -0.15) is 15.0 Å². The molecule has 1 aromatic carbocycles. The Morgan fingerprint density at radius 1 is 1.15 bits per heavy atom. The lowest BCUT2D eigenvalue weighted by atomic mass is 10.0. The lowest BCUT2D eigenvalue weighted by Gasteiger charge is -2.35. The summed E-state index contributed by atoms with van der Waals surface area (Å²) in [6, 6.07) is 7.39. The van der Waals surface area contributed by atoms with Crippen LogP contribution < -0.4 is 26.0 Å². The Bertz CT molecular complexity index is 929. The van der Waals surface area contributed by atoms with Crippen molar-refractivity contribution in [2.45, 2.75) is 89.4 Å². The maximum atomic E-state index is 6.22. The average Bonchev–Trinajstić information content (AvgIpc) is 3.23. The predicted molar refractivity (Wildman–Crippen MR) is 146 cm³/mol. The monoisotopic (exact) mass is 579 g/mol. The van der Waals surface area contributed by atoms with E-state index in [1.807, 2.05) is 6.07 Å². The van der Waals surface area contributed by atoms with E-state index in [0.29, 0.717) is 30.5 Å². The van der Waals surface area contributed by atoms with Crippen LogP contribution in [0.1, 0.15) is 70.3 Å². The number of rotatable bonds is 9. The van der Waals surface area contributed by atoms with Gasteiger partial charge in [-0.15, -0.1) is 0 Å². The number of nitrogens with zero attached hydrogens (tertiary/aromatic N) is 4. The minimum absolute atomic E-state index is 0.259. The van der Waals surface area contributed by atoms with Crippen molar-refractivity contribution in [1.29, 1.82) is 0 Å². The van der Waals surface area contributed by atoms with Crippen LogP contribution in [0.3, 0.4) is 0 Å². The van der Waals surface area contributed by atoms with Gasteiger partial charge in [0.05, 0.1) is 10.7 Å². The number of nitrogens with two attached hydrogens (primary N) is 1. The summed E-state index contributed by atoms with van der Waals surface area (Å²) in [6.07, 6.45) is 10.8. The number of anilines is 3. The van der Waals surface area contributed by atoms with E-state index >= 15 is 0 Å². The second-order valence-electron chi connectivity index (χ2n) is 9.43. The van der Waals surface area contributed by atoms with Crippen molar-refractivity contribution >= 4 is 40.4 Å². The molecule has 8 nitrogen and oxygen atoms in total.